The van der Waals surface area contributed by atoms with Crippen LogP contribution in [0, 0.1) is 13.8 Å². The quantitative estimate of drug-likeness (QED) is 0.886. The van der Waals surface area contributed by atoms with E-state index in [0.29, 0.717) is 0 Å². The molecule has 4 nitrogen and oxygen atoms in total. The highest BCUT2D eigenvalue weighted by atomic mass is 16.5. The van der Waals surface area contributed by atoms with Crippen LogP contribution in [0.25, 0.3) is 0 Å². The molecule has 1 aliphatic rings. The number of nitrogens with one attached hydrogen (secondary N) is 1. The molecule has 0 unspecified atom stereocenters. The molecule has 20 heavy (non-hydrogen) atoms. The normalized spacial score (nSPS) is 22.4. The van der Waals surface area contributed by atoms with E-state index < -0.39 is 6.10 Å². The van der Waals surface area contributed by atoms with Gasteiger partial charge in [-0.15, -0.1) is 0 Å². The van der Waals surface area contributed by atoms with Crippen LogP contribution in [-0.2, 0) is 4.79 Å². The third kappa shape index (κ3) is 3.73. The molecule has 1 amide bonds. The number of ether oxygens (including phenoxy) is 1. The summed E-state index contributed by atoms with van der Waals surface area (Å²) >= 11 is 0. The van der Waals surface area contributed by atoms with Gasteiger partial charge in [-0.3, -0.25) is 4.79 Å². The van der Waals surface area contributed by atoms with Crippen LogP contribution in [0.5, 0.6) is 5.75 Å². The first-order chi connectivity index (χ1) is 9.58. The van der Waals surface area contributed by atoms with Gasteiger partial charge in [0.2, 0.25) is 0 Å². The van der Waals surface area contributed by atoms with Gasteiger partial charge in [-0.05, 0) is 37.8 Å². The standard InChI is InChI=1S/C16H23NO3/c1-11-6-5-7-12(2)16(11)20-10-15(19)17-13-8-3-4-9-14(13)18/h5-7,13-14,18H,3-4,8-10H2,1-2H3,(H,17,19)/t13-,14-/m0/s1. The van der Waals surface area contributed by atoms with Crippen LogP contribution in [-0.4, -0.2) is 29.8 Å². The summed E-state index contributed by atoms with van der Waals surface area (Å²) in [4.78, 5) is 11.9. The zero-order valence-electron chi connectivity index (χ0n) is 12.2. The second-order valence-corrected chi connectivity index (χ2v) is 5.54. The van der Waals surface area contributed by atoms with Gasteiger partial charge >= 0.3 is 0 Å². The first-order valence-corrected chi connectivity index (χ1v) is 7.24. The summed E-state index contributed by atoms with van der Waals surface area (Å²) in [5.41, 5.74) is 2.05. The Kier molecular flexibility index (Phi) is 5.01. The predicted octanol–water partition coefficient (Wildman–Crippen LogP) is 2.10. The maximum atomic E-state index is 11.9. The Morgan fingerprint density at radius 1 is 1.30 bits per heavy atom. The smallest absolute Gasteiger partial charge is 0.258 e. The summed E-state index contributed by atoms with van der Waals surface area (Å²) in [7, 11) is 0. The van der Waals surface area contributed by atoms with Crippen molar-refractivity contribution in [2.24, 2.45) is 0 Å². The van der Waals surface area contributed by atoms with Crippen LogP contribution >= 0.6 is 0 Å². The lowest BCUT2D eigenvalue weighted by Gasteiger charge is -2.28. The van der Waals surface area contributed by atoms with Gasteiger partial charge in [-0.1, -0.05) is 31.0 Å². The number of carbonyl (C=O) groups is 1. The van der Waals surface area contributed by atoms with Crippen molar-refractivity contribution in [1.29, 1.82) is 0 Å². The van der Waals surface area contributed by atoms with E-state index in [-0.39, 0.29) is 18.6 Å². The fraction of sp³-hybridized carbons (Fsp3) is 0.562. The molecule has 0 aromatic heterocycles. The molecule has 0 heterocycles. The Hall–Kier alpha value is -1.55. The lowest BCUT2D eigenvalue weighted by atomic mass is 9.92. The predicted molar refractivity (Wildman–Crippen MR) is 77.8 cm³/mol. The number of benzene rings is 1. The van der Waals surface area contributed by atoms with Gasteiger partial charge < -0.3 is 15.2 Å². The average Bonchev–Trinajstić information content (AvgIpc) is 2.41. The molecular weight excluding hydrogens is 254 g/mol. The third-order valence-electron chi connectivity index (χ3n) is 3.83. The zero-order valence-corrected chi connectivity index (χ0v) is 12.2. The third-order valence-corrected chi connectivity index (χ3v) is 3.83. The highest BCUT2D eigenvalue weighted by Crippen LogP contribution is 2.22. The fourth-order valence-electron chi connectivity index (χ4n) is 2.69. The number of para-hydroxylation sites is 1. The van der Waals surface area contributed by atoms with E-state index in [2.05, 4.69) is 5.32 Å². The molecule has 0 spiro atoms. The van der Waals surface area contributed by atoms with Crippen LogP contribution in [0.1, 0.15) is 36.8 Å². The molecule has 2 rings (SSSR count). The number of hydrogen-bond acceptors (Lipinski definition) is 3. The molecule has 1 fully saturated rings. The van der Waals surface area contributed by atoms with Crippen molar-refractivity contribution in [2.45, 2.75) is 51.7 Å². The number of aliphatic hydroxyl groups is 1. The van der Waals surface area contributed by atoms with E-state index in [9.17, 15) is 9.90 Å². The number of aliphatic hydroxyl groups excluding tert-OH is 1. The lowest BCUT2D eigenvalue weighted by Crippen LogP contribution is -2.46. The number of hydrogen-bond donors (Lipinski definition) is 2. The molecule has 1 aliphatic carbocycles. The number of rotatable bonds is 4. The minimum atomic E-state index is -0.423. The maximum Gasteiger partial charge on any atom is 0.258 e. The van der Waals surface area contributed by atoms with Crippen molar-refractivity contribution in [3.63, 3.8) is 0 Å². The van der Waals surface area contributed by atoms with Crippen LogP contribution in [0.3, 0.4) is 0 Å². The minimum absolute atomic E-state index is 0.00505. The van der Waals surface area contributed by atoms with Crippen molar-refractivity contribution in [3.05, 3.63) is 29.3 Å². The second-order valence-electron chi connectivity index (χ2n) is 5.54. The minimum Gasteiger partial charge on any atom is -0.483 e. The molecule has 1 saturated carbocycles. The molecule has 110 valence electrons. The number of carbonyl (C=O) groups excluding carboxylic acids is 1. The molecule has 0 radical (unpaired) electrons. The van der Waals surface area contributed by atoms with Crippen molar-refractivity contribution >= 4 is 5.91 Å². The largest absolute Gasteiger partial charge is 0.483 e. The van der Waals surface area contributed by atoms with E-state index in [1.165, 1.54) is 0 Å². The Morgan fingerprint density at radius 3 is 2.60 bits per heavy atom. The van der Waals surface area contributed by atoms with Crippen molar-refractivity contribution < 1.29 is 14.6 Å². The van der Waals surface area contributed by atoms with E-state index in [0.717, 1.165) is 42.6 Å². The van der Waals surface area contributed by atoms with E-state index in [4.69, 9.17) is 4.74 Å². The SMILES string of the molecule is Cc1cccc(C)c1OCC(=O)N[C@H]1CCCC[C@@H]1O. The molecule has 2 N–H and O–H groups in total. The van der Waals surface area contributed by atoms with E-state index in [1.54, 1.807) is 0 Å². The second kappa shape index (κ2) is 6.75. The van der Waals surface area contributed by atoms with Gasteiger partial charge in [0.05, 0.1) is 12.1 Å². The summed E-state index contributed by atoms with van der Waals surface area (Å²) in [6.07, 6.45) is 3.28. The van der Waals surface area contributed by atoms with E-state index >= 15 is 0 Å². The molecule has 0 aliphatic heterocycles. The van der Waals surface area contributed by atoms with Gasteiger partial charge in [-0.25, -0.2) is 0 Å². The van der Waals surface area contributed by atoms with Crippen molar-refractivity contribution in [3.8, 4) is 5.75 Å². The Balaban J connectivity index is 1.86. The molecule has 0 saturated heterocycles. The summed E-state index contributed by atoms with van der Waals surface area (Å²) in [6.45, 7) is 3.92. The summed E-state index contributed by atoms with van der Waals surface area (Å²) < 4.78 is 5.61. The first-order valence-electron chi connectivity index (χ1n) is 7.24. The summed E-state index contributed by atoms with van der Waals surface area (Å²) in [5, 5.41) is 12.7. The van der Waals surface area contributed by atoms with Gasteiger partial charge in [0, 0.05) is 0 Å². The Labute approximate surface area is 120 Å². The summed E-state index contributed by atoms with van der Waals surface area (Å²) in [5.74, 6) is 0.602. The number of aryl methyl sites for hydroxylation is 2. The molecule has 1 aromatic rings. The van der Waals surface area contributed by atoms with Crippen LogP contribution < -0.4 is 10.1 Å². The topological polar surface area (TPSA) is 58.6 Å². The van der Waals surface area contributed by atoms with Gasteiger partial charge in [0.25, 0.3) is 5.91 Å². The zero-order chi connectivity index (χ0) is 14.5. The van der Waals surface area contributed by atoms with Crippen molar-refractivity contribution in [1.82, 2.24) is 5.32 Å². The monoisotopic (exact) mass is 277 g/mol. The molecule has 1 aromatic carbocycles. The van der Waals surface area contributed by atoms with E-state index in [1.807, 2.05) is 32.0 Å². The Bertz CT molecular complexity index is 453. The highest BCUT2D eigenvalue weighted by Gasteiger charge is 2.24. The summed E-state index contributed by atoms with van der Waals surface area (Å²) in [6, 6.07) is 5.77. The first kappa shape index (κ1) is 14.9. The Morgan fingerprint density at radius 2 is 1.95 bits per heavy atom. The van der Waals surface area contributed by atoms with Crippen molar-refractivity contribution in [2.75, 3.05) is 6.61 Å². The molecule has 0 bridgehead atoms. The molecular formula is C16H23NO3. The van der Waals surface area contributed by atoms with Crippen LogP contribution in [0.15, 0.2) is 18.2 Å². The average molecular weight is 277 g/mol. The molecule has 2 atom stereocenters. The van der Waals surface area contributed by atoms with Crippen LogP contribution in [0.2, 0.25) is 0 Å². The number of amides is 1. The van der Waals surface area contributed by atoms with Gasteiger partial charge in [0.15, 0.2) is 6.61 Å². The molecule has 4 heteroatoms. The van der Waals surface area contributed by atoms with Gasteiger partial charge in [-0.2, -0.15) is 0 Å². The fourth-order valence-corrected chi connectivity index (χ4v) is 2.69. The van der Waals surface area contributed by atoms with Crippen LogP contribution in [0.4, 0.5) is 0 Å². The highest BCUT2D eigenvalue weighted by molar-refractivity contribution is 5.78. The van der Waals surface area contributed by atoms with Gasteiger partial charge in [0.1, 0.15) is 5.75 Å². The lowest BCUT2D eigenvalue weighted by molar-refractivity contribution is -0.125. The maximum absolute atomic E-state index is 11.9.